The summed E-state index contributed by atoms with van der Waals surface area (Å²) in [5.41, 5.74) is 2.97. The van der Waals surface area contributed by atoms with Crippen molar-refractivity contribution in [1.29, 1.82) is 0 Å². The van der Waals surface area contributed by atoms with Crippen LogP contribution in [0.5, 0.6) is 0 Å². The van der Waals surface area contributed by atoms with E-state index in [1.54, 1.807) is 35.6 Å². The Hall–Kier alpha value is -2.20. The Labute approximate surface area is 190 Å². The third-order valence-corrected chi connectivity index (χ3v) is 9.01. The first-order valence-electron chi connectivity index (χ1n) is 9.89. The Bertz CT molecular complexity index is 1150. The van der Waals surface area contributed by atoms with E-state index in [0.717, 1.165) is 21.8 Å². The lowest BCUT2D eigenvalue weighted by molar-refractivity contribution is -0.123. The van der Waals surface area contributed by atoms with E-state index in [4.69, 9.17) is 0 Å². The molecule has 9 heteroatoms. The summed E-state index contributed by atoms with van der Waals surface area (Å²) in [7, 11) is -3.71. The molecule has 1 aliphatic heterocycles. The number of aryl methyl sites for hydroxylation is 1. The van der Waals surface area contributed by atoms with Crippen molar-refractivity contribution in [3.63, 3.8) is 0 Å². The maximum atomic E-state index is 13.0. The summed E-state index contributed by atoms with van der Waals surface area (Å²) in [6, 6.07) is 16.0. The molecule has 0 saturated carbocycles. The highest BCUT2D eigenvalue weighted by atomic mass is 32.2. The van der Waals surface area contributed by atoms with Gasteiger partial charge in [-0.15, -0.1) is 23.1 Å². The van der Waals surface area contributed by atoms with Crippen LogP contribution in [0.2, 0.25) is 0 Å². The fourth-order valence-corrected chi connectivity index (χ4v) is 7.29. The zero-order valence-corrected chi connectivity index (χ0v) is 19.5. The number of nitrogens with one attached hydrogen (secondary N) is 1. The van der Waals surface area contributed by atoms with Crippen molar-refractivity contribution in [3.05, 3.63) is 71.2 Å². The molecule has 0 radical (unpaired) electrons. The van der Waals surface area contributed by atoms with Crippen LogP contribution in [-0.4, -0.2) is 47.8 Å². The minimum atomic E-state index is -3.71. The Balaban J connectivity index is 1.36. The topological polar surface area (TPSA) is 79.4 Å². The molecule has 2 aromatic carbocycles. The summed E-state index contributed by atoms with van der Waals surface area (Å²) in [6.07, 6.45) is 0.597. The second-order valence-electron chi connectivity index (χ2n) is 7.27. The van der Waals surface area contributed by atoms with Gasteiger partial charge in [0.2, 0.25) is 15.9 Å². The number of carbonyl (C=O) groups excluding carboxylic acids is 1. The van der Waals surface area contributed by atoms with Gasteiger partial charge < -0.3 is 5.32 Å². The predicted octanol–water partition coefficient (Wildman–Crippen LogP) is 3.54. The number of thioether (sulfide) groups is 1. The zero-order valence-electron chi connectivity index (χ0n) is 17.0. The highest BCUT2D eigenvalue weighted by molar-refractivity contribution is 8.00. The Morgan fingerprint density at radius 3 is 2.65 bits per heavy atom. The monoisotopic (exact) mass is 473 g/mol. The number of sulfonamides is 1. The van der Waals surface area contributed by atoms with E-state index in [9.17, 15) is 13.2 Å². The molecule has 1 amide bonds. The van der Waals surface area contributed by atoms with Crippen LogP contribution >= 0.6 is 23.1 Å². The minimum Gasteiger partial charge on any atom is -0.354 e. The molecule has 0 unspecified atom stereocenters. The van der Waals surface area contributed by atoms with Gasteiger partial charge in [0.15, 0.2) is 0 Å². The maximum absolute atomic E-state index is 13.0. The Morgan fingerprint density at radius 1 is 1.16 bits per heavy atom. The fourth-order valence-electron chi connectivity index (χ4n) is 3.28. The molecule has 4 rings (SSSR count). The first kappa shape index (κ1) is 22.0. The van der Waals surface area contributed by atoms with Crippen LogP contribution in [0.4, 0.5) is 0 Å². The summed E-state index contributed by atoms with van der Waals surface area (Å²) in [5.74, 6) is 0.464. The molecule has 1 saturated heterocycles. The molecule has 0 spiro atoms. The quantitative estimate of drug-likeness (QED) is 0.568. The zero-order chi connectivity index (χ0) is 21.8. The standard InChI is InChI=1S/C22H23N3O3S3/c1-16-7-9-19(10-8-16)31(27,28)25-15-29-14-20(25)21(26)23-12-11-18-13-30-22(24-18)17-5-3-2-4-6-17/h2-10,13,20H,11-12,14-15H2,1H3,(H,23,26)/t20-/m1/s1. The highest BCUT2D eigenvalue weighted by Gasteiger charge is 2.39. The largest absolute Gasteiger partial charge is 0.354 e. The number of aromatic nitrogens is 1. The van der Waals surface area contributed by atoms with Crippen LogP contribution in [0.25, 0.3) is 10.6 Å². The van der Waals surface area contributed by atoms with Gasteiger partial charge in [0.1, 0.15) is 11.0 Å². The number of benzene rings is 2. The molecule has 6 nitrogen and oxygen atoms in total. The van der Waals surface area contributed by atoms with Gasteiger partial charge in [0.25, 0.3) is 0 Å². The number of rotatable bonds is 7. The summed E-state index contributed by atoms with van der Waals surface area (Å²) in [5, 5.41) is 5.83. The van der Waals surface area contributed by atoms with Gasteiger partial charge >= 0.3 is 0 Å². The van der Waals surface area contributed by atoms with Crippen LogP contribution in [0.1, 0.15) is 11.3 Å². The number of thiazole rings is 1. The predicted molar refractivity (Wildman–Crippen MR) is 126 cm³/mol. The van der Waals surface area contributed by atoms with Crippen molar-refractivity contribution in [1.82, 2.24) is 14.6 Å². The van der Waals surface area contributed by atoms with E-state index in [-0.39, 0.29) is 16.7 Å². The highest BCUT2D eigenvalue weighted by Crippen LogP contribution is 2.28. The minimum absolute atomic E-state index is 0.217. The third-order valence-electron chi connectivity index (χ3n) is 5.02. The van der Waals surface area contributed by atoms with Crippen LogP contribution in [0.15, 0.2) is 64.9 Å². The lowest BCUT2D eigenvalue weighted by Crippen LogP contribution is -2.47. The lowest BCUT2D eigenvalue weighted by Gasteiger charge is -2.22. The molecule has 0 bridgehead atoms. The van der Waals surface area contributed by atoms with Crippen molar-refractivity contribution in [3.8, 4) is 10.6 Å². The summed E-state index contributed by atoms with van der Waals surface area (Å²) in [4.78, 5) is 17.6. The van der Waals surface area contributed by atoms with Gasteiger partial charge in [-0.3, -0.25) is 4.79 Å². The molecular formula is C22H23N3O3S3. The van der Waals surface area contributed by atoms with Crippen molar-refractivity contribution < 1.29 is 13.2 Å². The Kier molecular flexibility index (Phi) is 6.76. The molecule has 1 aliphatic rings. The van der Waals surface area contributed by atoms with Crippen LogP contribution < -0.4 is 5.32 Å². The molecule has 31 heavy (non-hydrogen) atoms. The summed E-state index contributed by atoms with van der Waals surface area (Å²) >= 11 is 3.02. The van der Waals surface area contributed by atoms with Gasteiger partial charge in [-0.2, -0.15) is 4.31 Å². The summed E-state index contributed by atoms with van der Waals surface area (Å²) in [6.45, 7) is 2.32. The normalized spacial score (nSPS) is 17.0. The molecular weight excluding hydrogens is 450 g/mol. The number of amides is 1. The van der Waals surface area contributed by atoms with Crippen LogP contribution in [-0.2, 0) is 21.2 Å². The number of nitrogens with zero attached hydrogens (tertiary/aromatic N) is 2. The number of hydrogen-bond acceptors (Lipinski definition) is 6. The lowest BCUT2D eigenvalue weighted by atomic mass is 10.2. The molecule has 3 aromatic rings. The van der Waals surface area contributed by atoms with Gasteiger partial charge in [0, 0.05) is 29.7 Å². The first-order valence-corrected chi connectivity index (χ1v) is 13.4. The van der Waals surface area contributed by atoms with Gasteiger partial charge in [-0.05, 0) is 19.1 Å². The van der Waals surface area contributed by atoms with E-state index >= 15 is 0 Å². The molecule has 162 valence electrons. The molecule has 1 N–H and O–H groups in total. The molecule has 1 aromatic heterocycles. The van der Waals surface area contributed by atoms with E-state index in [2.05, 4.69) is 10.3 Å². The molecule has 2 heterocycles. The van der Waals surface area contributed by atoms with E-state index in [1.807, 2.05) is 42.6 Å². The fraction of sp³-hybridized carbons (Fsp3) is 0.273. The molecule has 1 fully saturated rings. The van der Waals surface area contributed by atoms with Crippen molar-refractivity contribution >= 4 is 39.0 Å². The second kappa shape index (κ2) is 9.52. The average Bonchev–Trinajstić information content (AvgIpc) is 3.45. The average molecular weight is 474 g/mol. The number of hydrogen-bond donors (Lipinski definition) is 1. The van der Waals surface area contributed by atoms with E-state index in [0.29, 0.717) is 18.7 Å². The Morgan fingerprint density at radius 2 is 1.90 bits per heavy atom. The van der Waals surface area contributed by atoms with E-state index < -0.39 is 16.1 Å². The van der Waals surface area contributed by atoms with Crippen molar-refractivity contribution in [2.75, 3.05) is 18.2 Å². The van der Waals surface area contributed by atoms with Crippen LogP contribution in [0.3, 0.4) is 0 Å². The third kappa shape index (κ3) is 5.01. The second-order valence-corrected chi connectivity index (χ2v) is 11.0. The summed E-state index contributed by atoms with van der Waals surface area (Å²) < 4.78 is 27.3. The van der Waals surface area contributed by atoms with Gasteiger partial charge in [0.05, 0.1) is 16.5 Å². The molecule has 1 atom stereocenters. The van der Waals surface area contributed by atoms with Crippen LogP contribution in [0, 0.1) is 6.92 Å². The van der Waals surface area contributed by atoms with Crippen molar-refractivity contribution in [2.45, 2.75) is 24.3 Å². The van der Waals surface area contributed by atoms with E-state index in [1.165, 1.54) is 16.1 Å². The number of carbonyl (C=O) groups is 1. The maximum Gasteiger partial charge on any atom is 0.244 e. The van der Waals surface area contributed by atoms with Gasteiger partial charge in [-0.25, -0.2) is 13.4 Å². The molecule has 0 aliphatic carbocycles. The SMILES string of the molecule is Cc1ccc(S(=O)(=O)N2CSC[C@@H]2C(=O)NCCc2csc(-c3ccccc3)n2)cc1. The smallest absolute Gasteiger partial charge is 0.244 e. The van der Waals surface area contributed by atoms with Crippen molar-refractivity contribution in [2.24, 2.45) is 0 Å². The van der Waals surface area contributed by atoms with Gasteiger partial charge in [-0.1, -0.05) is 48.0 Å². The first-order chi connectivity index (χ1) is 14.9.